The molecule has 9 heavy (non-hydrogen) atoms. The highest BCUT2D eigenvalue weighted by molar-refractivity contribution is 5.13. The SMILES string of the molecule is CC1=C(C)C(C)C(C)O1. The van der Waals surface area contributed by atoms with E-state index in [2.05, 4.69) is 20.8 Å². The van der Waals surface area contributed by atoms with Gasteiger partial charge in [0.25, 0.3) is 0 Å². The van der Waals surface area contributed by atoms with Gasteiger partial charge in [-0.25, -0.2) is 0 Å². The summed E-state index contributed by atoms with van der Waals surface area (Å²) in [6.45, 7) is 8.50. The molecule has 1 aliphatic heterocycles. The van der Waals surface area contributed by atoms with Gasteiger partial charge in [0, 0.05) is 5.92 Å². The highest BCUT2D eigenvalue weighted by Crippen LogP contribution is 2.29. The van der Waals surface area contributed by atoms with Gasteiger partial charge in [-0.1, -0.05) is 6.92 Å². The Morgan fingerprint density at radius 2 is 1.78 bits per heavy atom. The largest absolute Gasteiger partial charge is 0.495 e. The number of hydrogen-bond donors (Lipinski definition) is 0. The van der Waals surface area contributed by atoms with Crippen molar-refractivity contribution in [2.24, 2.45) is 5.92 Å². The average Bonchev–Trinajstić information content (AvgIpc) is 1.98. The molecule has 0 fully saturated rings. The van der Waals surface area contributed by atoms with E-state index in [-0.39, 0.29) is 0 Å². The zero-order valence-corrected chi connectivity index (χ0v) is 6.56. The molecule has 2 unspecified atom stereocenters. The van der Waals surface area contributed by atoms with Crippen molar-refractivity contribution in [3.05, 3.63) is 11.3 Å². The Labute approximate surface area is 56.7 Å². The first-order valence-electron chi connectivity index (χ1n) is 3.47. The van der Waals surface area contributed by atoms with Crippen LogP contribution in [0.3, 0.4) is 0 Å². The molecule has 1 nitrogen and oxygen atoms in total. The molecule has 1 heteroatoms. The molecule has 1 aliphatic rings. The van der Waals surface area contributed by atoms with Crippen LogP contribution in [-0.2, 0) is 4.74 Å². The van der Waals surface area contributed by atoms with Crippen molar-refractivity contribution in [2.45, 2.75) is 33.8 Å². The van der Waals surface area contributed by atoms with Crippen molar-refractivity contribution < 1.29 is 4.74 Å². The van der Waals surface area contributed by atoms with E-state index in [1.54, 1.807) is 0 Å². The van der Waals surface area contributed by atoms with E-state index in [0.717, 1.165) is 5.76 Å². The van der Waals surface area contributed by atoms with Gasteiger partial charge >= 0.3 is 0 Å². The molecule has 0 aliphatic carbocycles. The summed E-state index contributed by atoms with van der Waals surface area (Å²) in [6, 6.07) is 0. The van der Waals surface area contributed by atoms with Gasteiger partial charge in [-0.2, -0.15) is 0 Å². The van der Waals surface area contributed by atoms with Crippen LogP contribution in [0.15, 0.2) is 11.3 Å². The van der Waals surface area contributed by atoms with Gasteiger partial charge in [-0.3, -0.25) is 0 Å². The van der Waals surface area contributed by atoms with E-state index in [1.807, 2.05) is 6.92 Å². The summed E-state index contributed by atoms with van der Waals surface area (Å²) in [5.74, 6) is 1.74. The number of rotatable bonds is 0. The van der Waals surface area contributed by atoms with E-state index < -0.39 is 0 Å². The second-order valence-electron chi connectivity index (χ2n) is 2.85. The van der Waals surface area contributed by atoms with Crippen LogP contribution in [-0.4, -0.2) is 6.10 Å². The van der Waals surface area contributed by atoms with E-state index in [0.29, 0.717) is 12.0 Å². The van der Waals surface area contributed by atoms with Gasteiger partial charge in [-0.05, 0) is 26.3 Å². The third-order valence-electron chi connectivity index (χ3n) is 2.31. The first kappa shape index (κ1) is 6.66. The van der Waals surface area contributed by atoms with E-state index in [4.69, 9.17) is 4.74 Å². The van der Waals surface area contributed by atoms with Gasteiger partial charge in [0.05, 0.1) is 5.76 Å². The van der Waals surface area contributed by atoms with Crippen LogP contribution in [0.5, 0.6) is 0 Å². The summed E-state index contributed by atoms with van der Waals surface area (Å²) in [5.41, 5.74) is 1.41. The maximum absolute atomic E-state index is 5.47. The van der Waals surface area contributed by atoms with Gasteiger partial charge < -0.3 is 4.74 Å². The minimum atomic E-state index is 0.394. The Morgan fingerprint density at radius 3 is 1.89 bits per heavy atom. The summed E-state index contributed by atoms with van der Waals surface area (Å²) in [5, 5.41) is 0. The molecule has 0 aromatic heterocycles. The number of ether oxygens (including phenoxy) is 1. The van der Waals surface area contributed by atoms with Gasteiger partial charge in [0.2, 0.25) is 0 Å². The predicted octanol–water partition coefficient (Wildman–Crippen LogP) is 2.34. The lowest BCUT2D eigenvalue weighted by Gasteiger charge is -2.09. The van der Waals surface area contributed by atoms with Crippen LogP contribution in [0.1, 0.15) is 27.7 Å². The zero-order chi connectivity index (χ0) is 7.02. The topological polar surface area (TPSA) is 9.23 Å². The van der Waals surface area contributed by atoms with Crippen LogP contribution >= 0.6 is 0 Å². The Bertz CT molecular complexity index is 147. The molecule has 0 aromatic rings. The molecule has 0 aromatic carbocycles. The monoisotopic (exact) mass is 126 g/mol. The summed E-state index contributed by atoms with van der Waals surface area (Å²) in [7, 11) is 0. The lowest BCUT2D eigenvalue weighted by Crippen LogP contribution is -2.09. The van der Waals surface area contributed by atoms with Crippen molar-refractivity contribution in [3.63, 3.8) is 0 Å². The molecule has 0 bridgehead atoms. The molecule has 1 heterocycles. The Kier molecular flexibility index (Phi) is 1.52. The Morgan fingerprint density at radius 1 is 1.22 bits per heavy atom. The van der Waals surface area contributed by atoms with E-state index in [1.165, 1.54) is 5.57 Å². The fraction of sp³-hybridized carbons (Fsp3) is 0.750. The van der Waals surface area contributed by atoms with Gasteiger partial charge in [-0.15, -0.1) is 0 Å². The third kappa shape index (κ3) is 0.958. The van der Waals surface area contributed by atoms with Crippen molar-refractivity contribution in [1.82, 2.24) is 0 Å². The molecule has 0 amide bonds. The molecular formula is C8H14O. The molecule has 52 valence electrons. The molecule has 0 radical (unpaired) electrons. The summed E-state index contributed by atoms with van der Waals surface area (Å²) >= 11 is 0. The second-order valence-corrected chi connectivity index (χ2v) is 2.85. The maximum atomic E-state index is 5.47. The summed E-state index contributed by atoms with van der Waals surface area (Å²) in [4.78, 5) is 0. The number of hydrogen-bond acceptors (Lipinski definition) is 1. The minimum absolute atomic E-state index is 0.394. The fourth-order valence-corrected chi connectivity index (χ4v) is 1.15. The normalized spacial score (nSPS) is 35.1. The van der Waals surface area contributed by atoms with Crippen LogP contribution in [0, 0.1) is 5.92 Å². The highest BCUT2D eigenvalue weighted by Gasteiger charge is 2.24. The standard InChI is InChI=1S/C8H14O/c1-5-6(2)8(4)9-7(5)3/h5,7H,1-4H3. The van der Waals surface area contributed by atoms with Crippen LogP contribution in [0.25, 0.3) is 0 Å². The van der Waals surface area contributed by atoms with Crippen molar-refractivity contribution in [2.75, 3.05) is 0 Å². The third-order valence-corrected chi connectivity index (χ3v) is 2.31. The first-order valence-corrected chi connectivity index (χ1v) is 3.47. The van der Waals surface area contributed by atoms with Crippen molar-refractivity contribution in [1.29, 1.82) is 0 Å². The molecule has 0 saturated heterocycles. The smallest absolute Gasteiger partial charge is 0.102 e. The zero-order valence-electron chi connectivity index (χ0n) is 6.56. The molecule has 2 atom stereocenters. The van der Waals surface area contributed by atoms with Gasteiger partial charge in [0.1, 0.15) is 6.10 Å². The average molecular weight is 126 g/mol. The van der Waals surface area contributed by atoms with E-state index in [9.17, 15) is 0 Å². The second kappa shape index (κ2) is 2.05. The van der Waals surface area contributed by atoms with Crippen LogP contribution in [0.4, 0.5) is 0 Å². The lowest BCUT2D eigenvalue weighted by atomic mass is 10.00. The molecule has 0 spiro atoms. The fourth-order valence-electron chi connectivity index (χ4n) is 1.15. The predicted molar refractivity (Wildman–Crippen MR) is 38.1 cm³/mol. The number of allylic oxidation sites excluding steroid dienone is 1. The van der Waals surface area contributed by atoms with Gasteiger partial charge in [0.15, 0.2) is 0 Å². The first-order chi connectivity index (χ1) is 4.13. The molecule has 1 rings (SSSR count). The Hall–Kier alpha value is -0.460. The maximum Gasteiger partial charge on any atom is 0.102 e. The minimum Gasteiger partial charge on any atom is -0.495 e. The molecule has 0 saturated carbocycles. The summed E-state index contributed by atoms with van der Waals surface area (Å²) in [6.07, 6.45) is 0.394. The van der Waals surface area contributed by atoms with Crippen LogP contribution in [0.2, 0.25) is 0 Å². The summed E-state index contributed by atoms with van der Waals surface area (Å²) < 4.78 is 5.47. The highest BCUT2D eigenvalue weighted by atomic mass is 16.5. The molecular weight excluding hydrogens is 112 g/mol. The quantitative estimate of drug-likeness (QED) is 0.484. The lowest BCUT2D eigenvalue weighted by molar-refractivity contribution is 0.135. The Balaban J connectivity index is 2.74. The van der Waals surface area contributed by atoms with Crippen LogP contribution < -0.4 is 0 Å². The van der Waals surface area contributed by atoms with E-state index >= 15 is 0 Å². The molecule has 0 N–H and O–H groups in total. The van der Waals surface area contributed by atoms with Crippen molar-refractivity contribution in [3.8, 4) is 0 Å². The van der Waals surface area contributed by atoms with Crippen molar-refractivity contribution >= 4 is 0 Å².